The first-order valence-corrected chi connectivity index (χ1v) is 11.2. The molecule has 152 valence electrons. The molecule has 3 aliphatic rings. The number of fused-ring (bicyclic) bond motifs is 1. The Morgan fingerprint density at radius 1 is 1.28 bits per heavy atom. The maximum absolute atomic E-state index is 12.4. The van der Waals surface area contributed by atoms with Gasteiger partial charge in [-0.25, -0.2) is 4.98 Å². The van der Waals surface area contributed by atoms with Crippen molar-refractivity contribution in [2.45, 2.75) is 19.3 Å². The van der Waals surface area contributed by atoms with Gasteiger partial charge >= 0.3 is 0 Å². The lowest BCUT2D eigenvalue weighted by molar-refractivity contribution is -0.899. The van der Waals surface area contributed by atoms with Crippen molar-refractivity contribution in [3.63, 3.8) is 0 Å². The first kappa shape index (κ1) is 18.7. The summed E-state index contributed by atoms with van der Waals surface area (Å²) in [5, 5.41) is 5.53. The van der Waals surface area contributed by atoms with Crippen LogP contribution in [0.2, 0.25) is 0 Å². The first-order valence-electron chi connectivity index (χ1n) is 10.3. The highest BCUT2D eigenvalue weighted by atomic mass is 32.1. The molecule has 2 aliphatic heterocycles. The van der Waals surface area contributed by atoms with Gasteiger partial charge < -0.3 is 14.5 Å². The standard InChI is InChI=1S/C21H24N4O3S/c26-19(12-24-7-9-28-10-8-24)23-21-22-17(13-29-21)15-3-4-18-16(11-15)5-6-25(18)20(27)14-1-2-14/h3-4,11,13-14H,1-2,5-10,12H2,(H,22,23,26)/p+1. The zero-order valence-electron chi connectivity index (χ0n) is 16.3. The molecule has 1 saturated carbocycles. The molecule has 0 bridgehead atoms. The van der Waals surface area contributed by atoms with E-state index in [1.54, 1.807) is 0 Å². The number of morpholine rings is 1. The lowest BCUT2D eigenvalue weighted by atomic mass is 10.1. The average molecular weight is 414 g/mol. The molecule has 8 heteroatoms. The van der Waals surface area contributed by atoms with E-state index in [0.29, 0.717) is 24.9 Å². The van der Waals surface area contributed by atoms with Crippen molar-refractivity contribution in [1.29, 1.82) is 0 Å². The number of hydrogen-bond donors (Lipinski definition) is 2. The molecule has 1 saturated heterocycles. The molecule has 0 unspecified atom stereocenters. The van der Waals surface area contributed by atoms with E-state index in [1.807, 2.05) is 22.4 Å². The van der Waals surface area contributed by atoms with Crippen LogP contribution in [0.1, 0.15) is 18.4 Å². The number of ether oxygens (including phenoxy) is 1. The molecular formula is C21H25N4O3S+. The Kier molecular flexibility index (Phi) is 5.07. The van der Waals surface area contributed by atoms with Crippen LogP contribution in [-0.2, 0) is 20.7 Å². The van der Waals surface area contributed by atoms with Gasteiger partial charge in [0, 0.05) is 29.1 Å². The summed E-state index contributed by atoms with van der Waals surface area (Å²) >= 11 is 1.44. The third-order valence-corrected chi connectivity index (χ3v) is 6.58. The topological polar surface area (TPSA) is 76.0 Å². The third-order valence-electron chi connectivity index (χ3n) is 5.82. The van der Waals surface area contributed by atoms with Crippen LogP contribution < -0.4 is 15.1 Å². The molecule has 1 aromatic heterocycles. The van der Waals surface area contributed by atoms with E-state index in [9.17, 15) is 9.59 Å². The number of hydrogen-bond acceptors (Lipinski definition) is 5. The highest BCUT2D eigenvalue weighted by molar-refractivity contribution is 7.14. The van der Waals surface area contributed by atoms with Gasteiger partial charge in [-0.05, 0) is 37.0 Å². The number of aromatic nitrogens is 1. The summed E-state index contributed by atoms with van der Waals surface area (Å²) in [5.41, 5.74) is 4.13. The Balaban J connectivity index is 1.24. The van der Waals surface area contributed by atoms with E-state index < -0.39 is 0 Å². The minimum absolute atomic E-state index is 0.00835. The van der Waals surface area contributed by atoms with Crippen molar-refractivity contribution in [1.82, 2.24) is 4.98 Å². The van der Waals surface area contributed by atoms with Gasteiger partial charge in [0.15, 0.2) is 11.7 Å². The molecule has 2 amide bonds. The van der Waals surface area contributed by atoms with Crippen LogP contribution in [-0.4, -0.2) is 56.2 Å². The van der Waals surface area contributed by atoms with Crippen LogP contribution in [0.3, 0.4) is 0 Å². The molecule has 3 heterocycles. The summed E-state index contributed by atoms with van der Waals surface area (Å²) in [6.45, 7) is 4.38. The van der Waals surface area contributed by atoms with Gasteiger partial charge in [-0.1, -0.05) is 6.07 Å². The molecule has 0 atom stereocenters. The summed E-state index contributed by atoms with van der Waals surface area (Å²) in [6, 6.07) is 6.20. The van der Waals surface area contributed by atoms with Crippen LogP contribution in [0.15, 0.2) is 23.6 Å². The van der Waals surface area contributed by atoms with Gasteiger partial charge in [0.25, 0.3) is 5.91 Å². The van der Waals surface area contributed by atoms with Gasteiger partial charge in [0.1, 0.15) is 13.1 Å². The van der Waals surface area contributed by atoms with Gasteiger partial charge in [0.2, 0.25) is 5.91 Å². The largest absolute Gasteiger partial charge is 0.370 e. The molecule has 1 aliphatic carbocycles. The number of rotatable bonds is 5. The van der Waals surface area contributed by atoms with Crippen molar-refractivity contribution in [3.8, 4) is 11.3 Å². The average Bonchev–Trinajstić information content (AvgIpc) is 3.34. The maximum atomic E-state index is 12.4. The minimum atomic E-state index is -0.00835. The Morgan fingerprint density at radius 2 is 2.10 bits per heavy atom. The number of nitrogens with zero attached hydrogens (tertiary/aromatic N) is 2. The Hall–Kier alpha value is -2.29. The van der Waals surface area contributed by atoms with Crippen LogP contribution in [0, 0.1) is 5.92 Å². The Bertz CT molecular complexity index is 934. The van der Waals surface area contributed by atoms with Crippen LogP contribution in [0.4, 0.5) is 10.8 Å². The lowest BCUT2D eigenvalue weighted by Gasteiger charge is -2.22. The zero-order valence-corrected chi connectivity index (χ0v) is 17.1. The smallest absolute Gasteiger partial charge is 0.281 e. The quantitative estimate of drug-likeness (QED) is 0.766. The second kappa shape index (κ2) is 7.85. The summed E-state index contributed by atoms with van der Waals surface area (Å²) < 4.78 is 5.33. The number of quaternary nitrogens is 1. The number of thiazole rings is 1. The van der Waals surface area contributed by atoms with E-state index in [1.165, 1.54) is 21.8 Å². The summed E-state index contributed by atoms with van der Waals surface area (Å²) in [4.78, 5) is 32.5. The fraction of sp³-hybridized carbons (Fsp3) is 0.476. The van der Waals surface area contributed by atoms with Crippen LogP contribution in [0.5, 0.6) is 0 Å². The van der Waals surface area contributed by atoms with Gasteiger partial charge in [-0.3, -0.25) is 14.9 Å². The number of nitrogens with one attached hydrogen (secondary N) is 2. The SMILES string of the molecule is O=C(C[NH+]1CCOCC1)Nc1nc(-c2ccc3c(c2)CCN3C(=O)C2CC2)cs1. The summed E-state index contributed by atoms with van der Waals surface area (Å²) in [7, 11) is 0. The Labute approximate surface area is 173 Å². The molecule has 7 nitrogen and oxygen atoms in total. The number of benzene rings is 1. The predicted octanol–water partition coefficient (Wildman–Crippen LogP) is 0.963. The van der Waals surface area contributed by atoms with Crippen molar-refractivity contribution in [2.24, 2.45) is 5.92 Å². The van der Waals surface area contributed by atoms with Crippen molar-refractivity contribution >= 4 is 34.0 Å². The van der Waals surface area contributed by atoms with Gasteiger partial charge in [0.05, 0.1) is 18.9 Å². The second-order valence-electron chi connectivity index (χ2n) is 7.98. The number of carbonyl (C=O) groups excluding carboxylic acids is 2. The second-order valence-corrected chi connectivity index (χ2v) is 8.84. The molecular weight excluding hydrogens is 388 g/mol. The maximum Gasteiger partial charge on any atom is 0.281 e. The highest BCUT2D eigenvalue weighted by Crippen LogP contribution is 2.38. The molecule has 2 N–H and O–H groups in total. The fourth-order valence-corrected chi connectivity index (χ4v) is 4.77. The number of amides is 2. The van der Waals surface area contributed by atoms with E-state index in [2.05, 4.69) is 16.4 Å². The van der Waals surface area contributed by atoms with E-state index >= 15 is 0 Å². The predicted molar refractivity (Wildman–Crippen MR) is 111 cm³/mol. The molecule has 2 fully saturated rings. The molecule has 5 rings (SSSR count). The zero-order chi connectivity index (χ0) is 19.8. The summed E-state index contributed by atoms with van der Waals surface area (Å²) in [6.07, 6.45) is 2.95. The lowest BCUT2D eigenvalue weighted by Crippen LogP contribution is -3.15. The van der Waals surface area contributed by atoms with Gasteiger partial charge in [-0.15, -0.1) is 11.3 Å². The molecule has 0 spiro atoms. The molecule has 2 aromatic rings. The van der Waals surface area contributed by atoms with E-state index in [0.717, 1.165) is 55.8 Å². The summed E-state index contributed by atoms with van der Waals surface area (Å²) in [5.74, 6) is 0.508. The van der Waals surface area contributed by atoms with Crippen molar-refractivity contribution < 1.29 is 19.2 Å². The fourth-order valence-electron chi connectivity index (χ4n) is 4.03. The first-order chi connectivity index (χ1) is 14.2. The normalized spacial score (nSPS) is 19.2. The molecule has 29 heavy (non-hydrogen) atoms. The molecule has 0 radical (unpaired) electrons. The van der Waals surface area contributed by atoms with Crippen molar-refractivity contribution in [2.75, 3.05) is 49.6 Å². The Morgan fingerprint density at radius 3 is 2.90 bits per heavy atom. The third kappa shape index (κ3) is 4.05. The van der Waals surface area contributed by atoms with Gasteiger partial charge in [-0.2, -0.15) is 0 Å². The van der Waals surface area contributed by atoms with Crippen molar-refractivity contribution in [3.05, 3.63) is 29.1 Å². The van der Waals surface area contributed by atoms with E-state index in [-0.39, 0.29) is 17.7 Å². The van der Waals surface area contributed by atoms with Crippen LogP contribution >= 0.6 is 11.3 Å². The van der Waals surface area contributed by atoms with Crippen LogP contribution in [0.25, 0.3) is 11.3 Å². The number of anilines is 2. The molecule has 1 aromatic carbocycles. The van der Waals surface area contributed by atoms with E-state index in [4.69, 9.17) is 4.74 Å². The minimum Gasteiger partial charge on any atom is -0.370 e. The number of carbonyl (C=O) groups is 2. The monoisotopic (exact) mass is 413 g/mol. The highest BCUT2D eigenvalue weighted by Gasteiger charge is 2.36.